The summed E-state index contributed by atoms with van der Waals surface area (Å²) in [6.07, 6.45) is 0. The molecule has 0 radical (unpaired) electrons. The fourth-order valence-corrected chi connectivity index (χ4v) is 20.1. The Kier molecular flexibility index (Phi) is 18.5. The Morgan fingerprint density at radius 3 is 0.845 bits per heavy atom. The highest BCUT2D eigenvalue weighted by atomic mass is 16.3. The van der Waals surface area contributed by atoms with Gasteiger partial charge in [0, 0.05) is 105 Å². The second-order valence-electron chi connectivity index (χ2n) is 34.2. The molecule has 4 aromatic heterocycles. The van der Waals surface area contributed by atoms with Gasteiger partial charge in [0.05, 0.1) is 22.1 Å². The number of anilines is 6. The molecule has 0 spiro atoms. The lowest BCUT2D eigenvalue weighted by molar-refractivity contribution is 0.660. The van der Waals surface area contributed by atoms with Gasteiger partial charge < -0.3 is 27.8 Å². The second kappa shape index (κ2) is 31.5. The number of para-hydroxylation sites is 8. The lowest BCUT2D eigenvalue weighted by Crippen LogP contribution is -2.16. The number of hydrogen-bond donors (Lipinski definition) is 0. The minimum absolute atomic E-state index is 0.113. The van der Waals surface area contributed by atoms with Crippen LogP contribution in [-0.2, 0) is 5.41 Å². The van der Waals surface area contributed by atoms with E-state index in [0.29, 0.717) is 0 Å². The van der Waals surface area contributed by atoms with Gasteiger partial charge in [-0.15, -0.1) is 0 Å². The smallest absolute Gasteiger partial charge is 0.143 e. The molecule has 6 nitrogen and oxygen atoms in total. The van der Waals surface area contributed by atoms with E-state index >= 15 is 0 Å². The zero-order valence-corrected chi connectivity index (χ0v) is 71.1. The summed E-state index contributed by atoms with van der Waals surface area (Å²) in [7, 11) is 0. The quantitative estimate of drug-likeness (QED) is 0.103. The average molecular weight is 1650 g/mol. The number of benzene rings is 20. The molecule has 129 heavy (non-hydrogen) atoms. The number of fused-ring (bicyclic) bond motifs is 15. The van der Waals surface area contributed by atoms with Gasteiger partial charge in [-0.1, -0.05) is 335 Å². The van der Waals surface area contributed by atoms with Crippen molar-refractivity contribution in [1.29, 1.82) is 0 Å². The van der Waals surface area contributed by atoms with E-state index in [9.17, 15) is 0 Å². The van der Waals surface area contributed by atoms with E-state index in [2.05, 4.69) is 482 Å². The summed E-state index contributed by atoms with van der Waals surface area (Å²) in [5, 5.41) is 9.60. The van der Waals surface area contributed by atoms with Gasteiger partial charge in [0.25, 0.3) is 0 Å². The maximum absolute atomic E-state index is 6.46. The molecule has 4 heterocycles. The topological polar surface area (TPSA) is 42.6 Å². The van der Waals surface area contributed by atoms with Crippen molar-refractivity contribution in [2.45, 2.75) is 19.3 Å². The van der Waals surface area contributed by atoms with Crippen molar-refractivity contribution in [2.75, 3.05) is 9.80 Å². The summed E-state index contributed by atoms with van der Waals surface area (Å²) in [6, 6.07) is 171. The molecule has 25 rings (SSSR count). The van der Waals surface area contributed by atoms with Crippen molar-refractivity contribution >= 4 is 122 Å². The molecule has 0 atom stereocenters. The minimum Gasteiger partial charge on any atom is -0.455 e. The molecular formula is C123H84N4O2. The molecule has 0 unspecified atom stereocenters. The monoisotopic (exact) mass is 1650 g/mol. The van der Waals surface area contributed by atoms with Gasteiger partial charge in [0.15, 0.2) is 0 Å². The number of aromatic nitrogens is 2. The predicted molar refractivity (Wildman–Crippen MR) is 541 cm³/mol. The van der Waals surface area contributed by atoms with Crippen LogP contribution < -0.4 is 9.80 Å². The SMILES string of the molecule is CC1(C)c2ccccc2-c2ccc(N(c3ccc(-c4ccc(-n5c6ccccc6c6ccccc65)cc4)cc3)c3ccc(-c4cccc5c4oc4ccccc45)cc3)cc21.c1ccc(-c2cc(-c3ccccc3)cc(-c3ccc(N(c4ccc(-c5ccc(-n6c7ccccc7c7ccccc76)cc5)cc4)c4ccc(-c5cccc6c5oc5ccccc56)cc4)cc3)c2)cc1. The van der Waals surface area contributed by atoms with Crippen LogP contribution in [0.1, 0.15) is 25.0 Å². The Balaban J connectivity index is 0.000000145. The van der Waals surface area contributed by atoms with Crippen molar-refractivity contribution in [3.8, 4) is 100 Å². The van der Waals surface area contributed by atoms with Crippen LogP contribution in [0.5, 0.6) is 0 Å². The zero-order valence-electron chi connectivity index (χ0n) is 71.1. The third kappa shape index (κ3) is 13.3. The minimum atomic E-state index is -0.113. The van der Waals surface area contributed by atoms with E-state index in [1.165, 1.54) is 110 Å². The van der Waals surface area contributed by atoms with Crippen LogP contribution in [0.25, 0.3) is 188 Å². The molecule has 0 fully saturated rings. The van der Waals surface area contributed by atoms with Crippen LogP contribution >= 0.6 is 0 Å². The summed E-state index contributed by atoms with van der Waals surface area (Å²) < 4.78 is 17.6. The maximum atomic E-state index is 6.46. The normalized spacial score (nSPS) is 12.2. The van der Waals surface area contributed by atoms with Gasteiger partial charge >= 0.3 is 0 Å². The summed E-state index contributed by atoms with van der Waals surface area (Å²) in [5.74, 6) is 0. The lowest BCUT2D eigenvalue weighted by atomic mass is 9.82. The van der Waals surface area contributed by atoms with Gasteiger partial charge in [-0.2, -0.15) is 0 Å². The largest absolute Gasteiger partial charge is 0.455 e. The molecule has 1 aliphatic carbocycles. The van der Waals surface area contributed by atoms with Crippen molar-refractivity contribution in [3.63, 3.8) is 0 Å². The van der Waals surface area contributed by atoms with Gasteiger partial charge in [0.2, 0.25) is 0 Å². The molecule has 0 saturated carbocycles. The molecule has 0 N–H and O–H groups in total. The van der Waals surface area contributed by atoms with E-state index in [1.54, 1.807) is 0 Å². The van der Waals surface area contributed by atoms with E-state index in [0.717, 1.165) is 123 Å². The van der Waals surface area contributed by atoms with E-state index in [1.807, 2.05) is 24.3 Å². The molecule has 0 saturated heterocycles. The van der Waals surface area contributed by atoms with Gasteiger partial charge in [-0.25, -0.2) is 0 Å². The van der Waals surface area contributed by atoms with Gasteiger partial charge in [-0.05, 0) is 241 Å². The third-order valence-corrected chi connectivity index (χ3v) is 26.4. The van der Waals surface area contributed by atoms with Crippen molar-refractivity contribution in [2.24, 2.45) is 0 Å². The van der Waals surface area contributed by atoms with Crippen LogP contribution in [-0.4, -0.2) is 9.13 Å². The lowest BCUT2D eigenvalue weighted by Gasteiger charge is -2.28. The van der Waals surface area contributed by atoms with Crippen LogP contribution in [0, 0.1) is 0 Å². The van der Waals surface area contributed by atoms with Crippen molar-refractivity contribution < 1.29 is 8.83 Å². The van der Waals surface area contributed by atoms with Crippen LogP contribution in [0.3, 0.4) is 0 Å². The van der Waals surface area contributed by atoms with Gasteiger partial charge in [0.1, 0.15) is 22.3 Å². The Labute approximate surface area is 748 Å². The third-order valence-electron chi connectivity index (χ3n) is 26.4. The molecular weight excluding hydrogens is 1570 g/mol. The van der Waals surface area contributed by atoms with E-state index in [4.69, 9.17) is 8.83 Å². The van der Waals surface area contributed by atoms with Crippen LogP contribution in [0.15, 0.2) is 482 Å². The Morgan fingerprint density at radius 1 is 0.186 bits per heavy atom. The molecule has 6 heteroatoms. The standard InChI is InChI=1S/C66H44N2O.C57H40N2O/c1-3-14-45(15-4-1)51-42-52(46-16-5-2-6-17-46)44-53(43-51)49-30-36-55(37-31-49)67(56-40-32-50(33-41-56)58-21-13-22-62-61-20-9-12-25-65(61)69-66(58)62)54-34-26-47(27-35-54)48-28-38-57(39-29-48)68-63-23-10-7-18-59(63)60-19-8-11-24-64(60)68;1-57(2)51-18-7-3-12-45(51)46-35-34-43(36-52(46)57)58(41-32-26-39(27-33-41)44-16-11-17-50-49-15-6-10-21-55(49)60-56(44)50)40-28-22-37(23-29-40)38-24-30-42(31-25-38)59-53-19-8-4-13-47(53)48-14-5-9-20-54(48)59/h1-44H;3-36H,1-2H3. The Morgan fingerprint density at radius 2 is 0.457 bits per heavy atom. The molecule has 20 aromatic carbocycles. The fraction of sp³-hybridized carbons (Fsp3) is 0.0244. The van der Waals surface area contributed by atoms with Crippen molar-refractivity contribution in [3.05, 3.63) is 484 Å². The first-order valence-corrected chi connectivity index (χ1v) is 44.3. The van der Waals surface area contributed by atoms with E-state index in [-0.39, 0.29) is 5.41 Å². The molecule has 24 aromatic rings. The highest BCUT2D eigenvalue weighted by Crippen LogP contribution is 2.52. The molecule has 608 valence electrons. The fourth-order valence-electron chi connectivity index (χ4n) is 20.1. The summed E-state index contributed by atoms with van der Waals surface area (Å²) in [5.41, 5.74) is 38.7. The molecule has 1 aliphatic rings. The number of nitrogens with zero attached hydrogens (tertiary/aromatic N) is 4. The number of rotatable bonds is 15. The number of hydrogen-bond acceptors (Lipinski definition) is 4. The first kappa shape index (κ1) is 75.9. The first-order valence-electron chi connectivity index (χ1n) is 44.3. The maximum Gasteiger partial charge on any atom is 0.143 e. The van der Waals surface area contributed by atoms with Crippen LogP contribution in [0.2, 0.25) is 0 Å². The summed E-state index contributed by atoms with van der Waals surface area (Å²) in [6.45, 7) is 4.70. The zero-order chi connectivity index (χ0) is 85.6. The van der Waals surface area contributed by atoms with Crippen molar-refractivity contribution in [1.82, 2.24) is 9.13 Å². The Hall–Kier alpha value is -16.8. The molecule has 0 aliphatic heterocycles. The average Bonchev–Trinajstić information content (AvgIpc) is 1.60. The highest BCUT2D eigenvalue weighted by Gasteiger charge is 2.36. The molecule has 0 amide bonds. The van der Waals surface area contributed by atoms with E-state index < -0.39 is 0 Å². The predicted octanol–water partition coefficient (Wildman–Crippen LogP) is 34.3. The summed E-state index contributed by atoms with van der Waals surface area (Å²) in [4.78, 5) is 4.74. The summed E-state index contributed by atoms with van der Waals surface area (Å²) >= 11 is 0. The second-order valence-corrected chi connectivity index (χ2v) is 34.2. The first-order chi connectivity index (χ1) is 63.7. The van der Waals surface area contributed by atoms with Crippen LogP contribution in [0.4, 0.5) is 34.1 Å². The Bertz CT molecular complexity index is 8230. The number of furan rings is 2. The van der Waals surface area contributed by atoms with Gasteiger partial charge in [-0.3, -0.25) is 0 Å². The molecule has 0 bridgehead atoms. The highest BCUT2D eigenvalue weighted by molar-refractivity contribution is 6.13.